The molecule has 0 fully saturated rings. The minimum Gasteiger partial charge on any atom is -0.396 e. The molecule has 0 saturated heterocycles. The SMILES string of the molecule is CSc1ccccc1NC(=O)c1sc2cccnc2c1N. The van der Waals surface area contributed by atoms with Gasteiger partial charge < -0.3 is 11.1 Å². The van der Waals surface area contributed by atoms with Gasteiger partial charge in [-0.25, -0.2) is 0 Å². The molecule has 0 aliphatic carbocycles. The number of nitrogens with zero attached hydrogens (tertiary/aromatic N) is 1. The van der Waals surface area contributed by atoms with Crippen molar-refractivity contribution in [2.75, 3.05) is 17.3 Å². The number of thiophene rings is 1. The Morgan fingerprint density at radius 1 is 1.29 bits per heavy atom. The Kier molecular flexibility index (Phi) is 3.81. The van der Waals surface area contributed by atoms with Crippen LogP contribution in [0.1, 0.15) is 9.67 Å². The van der Waals surface area contributed by atoms with Crippen molar-refractivity contribution >= 4 is 50.6 Å². The lowest BCUT2D eigenvalue weighted by Crippen LogP contribution is -2.12. The third-order valence-corrected chi connectivity index (χ3v) is 5.00. The molecule has 2 aromatic heterocycles. The van der Waals surface area contributed by atoms with Gasteiger partial charge in [-0.05, 0) is 30.5 Å². The van der Waals surface area contributed by atoms with Crippen molar-refractivity contribution in [3.63, 3.8) is 0 Å². The number of anilines is 2. The van der Waals surface area contributed by atoms with Crippen LogP contribution in [-0.4, -0.2) is 17.1 Å². The average molecular weight is 315 g/mol. The maximum absolute atomic E-state index is 12.5. The van der Waals surface area contributed by atoms with Gasteiger partial charge in [-0.1, -0.05) is 12.1 Å². The van der Waals surface area contributed by atoms with E-state index in [4.69, 9.17) is 5.73 Å². The Morgan fingerprint density at radius 3 is 2.86 bits per heavy atom. The summed E-state index contributed by atoms with van der Waals surface area (Å²) in [6, 6.07) is 11.4. The van der Waals surface area contributed by atoms with Crippen molar-refractivity contribution in [2.45, 2.75) is 4.90 Å². The molecular formula is C15H13N3OS2. The van der Waals surface area contributed by atoms with Gasteiger partial charge >= 0.3 is 0 Å². The zero-order valence-electron chi connectivity index (χ0n) is 11.3. The van der Waals surface area contributed by atoms with E-state index in [1.165, 1.54) is 11.3 Å². The van der Waals surface area contributed by atoms with E-state index in [-0.39, 0.29) is 5.91 Å². The zero-order valence-corrected chi connectivity index (χ0v) is 12.9. The van der Waals surface area contributed by atoms with Crippen LogP contribution in [-0.2, 0) is 0 Å². The number of hydrogen-bond donors (Lipinski definition) is 2. The zero-order chi connectivity index (χ0) is 14.8. The summed E-state index contributed by atoms with van der Waals surface area (Å²) in [6.45, 7) is 0. The minimum absolute atomic E-state index is 0.197. The van der Waals surface area contributed by atoms with E-state index in [0.717, 1.165) is 15.3 Å². The molecular weight excluding hydrogens is 302 g/mol. The van der Waals surface area contributed by atoms with Crippen LogP contribution in [0.3, 0.4) is 0 Å². The molecule has 1 amide bonds. The summed E-state index contributed by atoms with van der Waals surface area (Å²) >= 11 is 2.95. The van der Waals surface area contributed by atoms with Crippen LogP contribution in [0.4, 0.5) is 11.4 Å². The highest BCUT2D eigenvalue weighted by Gasteiger charge is 2.17. The number of amides is 1. The van der Waals surface area contributed by atoms with E-state index in [9.17, 15) is 4.79 Å². The molecule has 0 radical (unpaired) electrons. The largest absolute Gasteiger partial charge is 0.396 e. The Bertz CT molecular complexity index is 814. The maximum atomic E-state index is 12.5. The van der Waals surface area contributed by atoms with E-state index >= 15 is 0 Å². The van der Waals surface area contributed by atoms with E-state index in [1.54, 1.807) is 18.0 Å². The monoisotopic (exact) mass is 315 g/mol. The number of pyridine rings is 1. The van der Waals surface area contributed by atoms with Crippen molar-refractivity contribution in [2.24, 2.45) is 0 Å². The van der Waals surface area contributed by atoms with E-state index in [0.29, 0.717) is 16.1 Å². The van der Waals surface area contributed by atoms with Gasteiger partial charge in [0.25, 0.3) is 5.91 Å². The van der Waals surface area contributed by atoms with Crippen molar-refractivity contribution in [3.8, 4) is 0 Å². The van der Waals surface area contributed by atoms with Gasteiger partial charge in [0.2, 0.25) is 0 Å². The Hall–Kier alpha value is -2.05. The fourth-order valence-corrected chi connectivity index (χ4v) is 3.57. The van der Waals surface area contributed by atoms with Crippen molar-refractivity contribution in [1.29, 1.82) is 0 Å². The molecule has 3 aromatic rings. The molecule has 4 nitrogen and oxygen atoms in total. The van der Waals surface area contributed by atoms with Crippen molar-refractivity contribution in [1.82, 2.24) is 4.98 Å². The van der Waals surface area contributed by atoms with Crippen LogP contribution in [0.5, 0.6) is 0 Å². The number of para-hydroxylation sites is 1. The second-order valence-corrected chi connectivity index (χ2v) is 6.25. The first kappa shape index (κ1) is 13.9. The Morgan fingerprint density at radius 2 is 2.10 bits per heavy atom. The van der Waals surface area contributed by atoms with Gasteiger partial charge in [-0.3, -0.25) is 9.78 Å². The highest BCUT2D eigenvalue weighted by Crippen LogP contribution is 2.33. The standard InChI is InChI=1S/C15H13N3OS2/c1-20-10-6-3-2-5-9(10)18-15(19)14-12(16)13-11(21-14)7-4-8-17-13/h2-8H,16H2,1H3,(H,18,19). The first-order valence-corrected chi connectivity index (χ1v) is 8.32. The number of nitrogens with one attached hydrogen (secondary N) is 1. The number of hydrogen-bond acceptors (Lipinski definition) is 5. The molecule has 0 aliphatic heterocycles. The molecule has 0 aliphatic rings. The Balaban J connectivity index is 1.96. The van der Waals surface area contributed by atoms with Crippen molar-refractivity contribution < 1.29 is 4.79 Å². The fourth-order valence-electron chi connectivity index (χ4n) is 2.04. The first-order valence-electron chi connectivity index (χ1n) is 6.28. The van der Waals surface area contributed by atoms with Crippen LogP contribution < -0.4 is 11.1 Å². The topological polar surface area (TPSA) is 68.0 Å². The number of thioether (sulfide) groups is 1. The first-order chi connectivity index (χ1) is 10.2. The summed E-state index contributed by atoms with van der Waals surface area (Å²) in [7, 11) is 0. The predicted molar refractivity (Wildman–Crippen MR) is 90.2 cm³/mol. The van der Waals surface area contributed by atoms with Gasteiger partial charge in [-0.15, -0.1) is 23.1 Å². The molecule has 2 heterocycles. The van der Waals surface area contributed by atoms with Gasteiger partial charge in [0, 0.05) is 11.1 Å². The molecule has 3 rings (SSSR count). The quantitative estimate of drug-likeness (QED) is 0.720. The molecule has 6 heteroatoms. The summed E-state index contributed by atoms with van der Waals surface area (Å²) < 4.78 is 0.915. The molecule has 3 N–H and O–H groups in total. The lowest BCUT2D eigenvalue weighted by atomic mass is 10.3. The lowest BCUT2D eigenvalue weighted by molar-refractivity contribution is 0.103. The highest BCUT2D eigenvalue weighted by molar-refractivity contribution is 7.98. The van der Waals surface area contributed by atoms with Crippen LogP contribution >= 0.6 is 23.1 Å². The summed E-state index contributed by atoms with van der Waals surface area (Å²) in [5.41, 5.74) is 7.96. The molecule has 0 bridgehead atoms. The van der Waals surface area contributed by atoms with Gasteiger partial charge in [0.15, 0.2) is 0 Å². The predicted octanol–water partition coefficient (Wildman–Crippen LogP) is 3.85. The number of nitrogen functional groups attached to an aromatic ring is 1. The van der Waals surface area contributed by atoms with E-state index in [1.807, 2.05) is 42.7 Å². The van der Waals surface area contributed by atoms with Crippen LogP contribution in [0.25, 0.3) is 10.2 Å². The summed E-state index contributed by atoms with van der Waals surface area (Å²) in [5, 5.41) is 2.92. The maximum Gasteiger partial charge on any atom is 0.267 e. The van der Waals surface area contributed by atoms with Gasteiger partial charge in [0.1, 0.15) is 10.4 Å². The van der Waals surface area contributed by atoms with Crippen LogP contribution in [0.15, 0.2) is 47.5 Å². The summed E-state index contributed by atoms with van der Waals surface area (Å²) in [4.78, 5) is 18.2. The number of nitrogens with two attached hydrogens (primary N) is 1. The average Bonchev–Trinajstić information content (AvgIpc) is 2.85. The second-order valence-electron chi connectivity index (χ2n) is 4.35. The van der Waals surface area contributed by atoms with Crippen LogP contribution in [0, 0.1) is 0 Å². The molecule has 0 spiro atoms. The molecule has 106 valence electrons. The molecule has 0 atom stereocenters. The minimum atomic E-state index is -0.197. The van der Waals surface area contributed by atoms with Crippen molar-refractivity contribution in [3.05, 3.63) is 47.5 Å². The number of aromatic nitrogens is 1. The fraction of sp³-hybridized carbons (Fsp3) is 0.0667. The van der Waals surface area contributed by atoms with E-state index in [2.05, 4.69) is 10.3 Å². The smallest absolute Gasteiger partial charge is 0.267 e. The number of carbonyl (C=O) groups excluding carboxylic acids is 1. The van der Waals surface area contributed by atoms with Gasteiger partial charge in [-0.2, -0.15) is 0 Å². The number of carbonyl (C=O) groups is 1. The lowest BCUT2D eigenvalue weighted by Gasteiger charge is -2.08. The molecule has 0 unspecified atom stereocenters. The summed E-state index contributed by atoms with van der Waals surface area (Å²) in [5.74, 6) is -0.197. The van der Waals surface area contributed by atoms with E-state index < -0.39 is 0 Å². The molecule has 0 saturated carbocycles. The third-order valence-electron chi connectivity index (χ3n) is 3.04. The molecule has 21 heavy (non-hydrogen) atoms. The number of benzene rings is 1. The Labute approximate surface area is 130 Å². The van der Waals surface area contributed by atoms with Crippen LogP contribution in [0.2, 0.25) is 0 Å². The number of fused-ring (bicyclic) bond motifs is 1. The third kappa shape index (κ3) is 2.59. The normalized spacial score (nSPS) is 10.7. The summed E-state index contributed by atoms with van der Waals surface area (Å²) in [6.07, 6.45) is 3.65. The van der Waals surface area contributed by atoms with Gasteiger partial charge in [0.05, 0.1) is 16.1 Å². The highest BCUT2D eigenvalue weighted by atomic mass is 32.2. The number of rotatable bonds is 3. The second kappa shape index (κ2) is 5.75. The molecule has 1 aromatic carbocycles.